The third-order valence-electron chi connectivity index (χ3n) is 5.02. The average molecular weight is 426 g/mol. The number of aromatic nitrogens is 2. The predicted molar refractivity (Wildman–Crippen MR) is 109 cm³/mol. The number of imidazole rings is 1. The van der Waals surface area contributed by atoms with Crippen molar-refractivity contribution in [3.63, 3.8) is 0 Å². The summed E-state index contributed by atoms with van der Waals surface area (Å²) in [6.07, 6.45) is 3.63. The fourth-order valence-corrected chi connectivity index (χ4v) is 3.65. The number of benzene rings is 2. The molecule has 0 spiro atoms. The molecule has 2 aromatic carbocycles. The van der Waals surface area contributed by atoms with Crippen molar-refractivity contribution in [2.24, 2.45) is 0 Å². The van der Waals surface area contributed by atoms with Gasteiger partial charge >= 0.3 is 0 Å². The first-order chi connectivity index (χ1) is 14.5. The number of aliphatic hydroxyl groups is 1. The average Bonchev–Trinajstić information content (AvgIpc) is 3.34. The van der Waals surface area contributed by atoms with Crippen LogP contribution in [0.25, 0.3) is 5.76 Å². The van der Waals surface area contributed by atoms with Crippen molar-refractivity contribution in [3.05, 3.63) is 94.3 Å². The smallest absolute Gasteiger partial charge is 0.295 e. The molecule has 1 amide bonds. The van der Waals surface area contributed by atoms with E-state index in [1.807, 2.05) is 0 Å². The van der Waals surface area contributed by atoms with Gasteiger partial charge in [-0.05, 0) is 42.0 Å². The second-order valence-corrected chi connectivity index (χ2v) is 7.31. The number of aromatic amines is 1. The summed E-state index contributed by atoms with van der Waals surface area (Å²) >= 11 is 5.99. The van der Waals surface area contributed by atoms with Gasteiger partial charge < -0.3 is 15.0 Å². The molecule has 0 bridgehead atoms. The number of ketones is 1. The monoisotopic (exact) mass is 425 g/mol. The molecule has 1 fully saturated rings. The molecule has 4 rings (SSSR count). The van der Waals surface area contributed by atoms with Crippen molar-refractivity contribution in [1.82, 2.24) is 14.9 Å². The minimum absolute atomic E-state index is 0.0430. The van der Waals surface area contributed by atoms with Crippen LogP contribution in [-0.4, -0.2) is 38.2 Å². The van der Waals surface area contributed by atoms with Gasteiger partial charge in [0.25, 0.3) is 11.7 Å². The van der Waals surface area contributed by atoms with Crippen LogP contribution in [0.3, 0.4) is 0 Å². The fraction of sp³-hybridized carbons (Fsp3) is 0.136. The van der Waals surface area contributed by atoms with Gasteiger partial charge in [-0.3, -0.25) is 9.59 Å². The van der Waals surface area contributed by atoms with Crippen molar-refractivity contribution >= 4 is 29.1 Å². The zero-order chi connectivity index (χ0) is 21.3. The highest BCUT2D eigenvalue weighted by atomic mass is 35.5. The number of nitrogens with one attached hydrogen (secondary N) is 1. The highest BCUT2D eigenvalue weighted by Gasteiger charge is 2.45. The maximum absolute atomic E-state index is 13.3. The van der Waals surface area contributed by atoms with Crippen LogP contribution in [0.5, 0.6) is 0 Å². The summed E-state index contributed by atoms with van der Waals surface area (Å²) in [6.45, 7) is 0.236. The highest BCUT2D eigenvalue weighted by Crippen LogP contribution is 2.39. The number of rotatable bonds is 5. The number of amides is 1. The number of nitrogens with zero attached hydrogens (tertiary/aromatic N) is 2. The Balaban J connectivity index is 1.79. The standard InChI is InChI=1S/C22H17ClFN3O3/c23-15-5-1-13(2-6-15)19-18(20(28)14-3-7-16(24)8-4-14)21(29)22(30)27(19)10-9-17-11-25-12-26-17/h1-8,11-12,19,28H,9-10H2,(H,25,26)/b20-18+. The molecule has 3 aromatic rings. The summed E-state index contributed by atoms with van der Waals surface area (Å²) in [5.41, 5.74) is 1.65. The molecule has 6 nitrogen and oxygen atoms in total. The largest absolute Gasteiger partial charge is 0.507 e. The molecule has 1 saturated heterocycles. The topological polar surface area (TPSA) is 86.3 Å². The van der Waals surface area contributed by atoms with Gasteiger partial charge in [0, 0.05) is 35.4 Å². The van der Waals surface area contributed by atoms with Gasteiger partial charge in [0.05, 0.1) is 17.9 Å². The third kappa shape index (κ3) is 3.71. The molecule has 2 heterocycles. The maximum atomic E-state index is 13.3. The minimum Gasteiger partial charge on any atom is -0.507 e. The SMILES string of the molecule is O=C1C(=O)N(CCc2cnc[nH]2)C(c2ccc(Cl)cc2)/C1=C(\O)c1ccc(F)cc1. The Morgan fingerprint density at radius 2 is 1.83 bits per heavy atom. The van der Waals surface area contributed by atoms with E-state index in [2.05, 4.69) is 9.97 Å². The number of Topliss-reactive ketones (excluding diaryl/α,β-unsaturated/α-hetero) is 1. The Bertz CT molecular complexity index is 1110. The molecule has 1 aromatic heterocycles. The Labute approximate surface area is 176 Å². The molecule has 0 aliphatic carbocycles. The van der Waals surface area contributed by atoms with E-state index in [9.17, 15) is 19.1 Å². The van der Waals surface area contributed by atoms with Gasteiger partial charge in [-0.25, -0.2) is 9.37 Å². The van der Waals surface area contributed by atoms with Crippen LogP contribution in [0.2, 0.25) is 5.02 Å². The first-order valence-corrected chi connectivity index (χ1v) is 9.60. The summed E-state index contributed by atoms with van der Waals surface area (Å²) < 4.78 is 13.3. The van der Waals surface area contributed by atoms with E-state index in [1.165, 1.54) is 35.5 Å². The number of carbonyl (C=O) groups excluding carboxylic acids is 2. The maximum Gasteiger partial charge on any atom is 0.295 e. The molecule has 8 heteroatoms. The van der Waals surface area contributed by atoms with Crippen molar-refractivity contribution < 1.29 is 19.1 Å². The quantitative estimate of drug-likeness (QED) is 0.369. The van der Waals surface area contributed by atoms with Gasteiger partial charge in [-0.15, -0.1) is 0 Å². The summed E-state index contributed by atoms with van der Waals surface area (Å²) in [5, 5.41) is 11.4. The molecule has 1 aliphatic heterocycles. The third-order valence-corrected chi connectivity index (χ3v) is 5.27. The molecule has 0 radical (unpaired) electrons. The highest BCUT2D eigenvalue weighted by molar-refractivity contribution is 6.46. The van der Waals surface area contributed by atoms with Gasteiger partial charge in [-0.1, -0.05) is 23.7 Å². The van der Waals surface area contributed by atoms with Gasteiger partial charge in [0.1, 0.15) is 11.6 Å². The molecule has 1 aliphatic rings. The second-order valence-electron chi connectivity index (χ2n) is 6.88. The summed E-state index contributed by atoms with van der Waals surface area (Å²) in [6, 6.07) is 11.0. The van der Waals surface area contributed by atoms with Crippen LogP contribution in [0.4, 0.5) is 4.39 Å². The molecule has 1 atom stereocenters. The number of hydrogen-bond acceptors (Lipinski definition) is 4. The molecular formula is C22H17ClFN3O3. The number of halogens is 2. The van der Waals surface area contributed by atoms with Gasteiger partial charge in [0.15, 0.2) is 0 Å². The first-order valence-electron chi connectivity index (χ1n) is 9.23. The molecule has 1 unspecified atom stereocenters. The first kappa shape index (κ1) is 19.8. The second kappa shape index (κ2) is 8.12. The molecular weight excluding hydrogens is 409 g/mol. The summed E-state index contributed by atoms with van der Waals surface area (Å²) in [4.78, 5) is 34.1. The lowest BCUT2D eigenvalue weighted by Gasteiger charge is -2.25. The fourth-order valence-electron chi connectivity index (χ4n) is 3.53. The zero-order valence-corrected chi connectivity index (χ0v) is 16.4. The van der Waals surface area contributed by atoms with Crippen molar-refractivity contribution in [2.75, 3.05) is 6.54 Å². The van der Waals surface area contributed by atoms with Crippen LogP contribution in [0.15, 0.2) is 66.6 Å². The van der Waals surface area contributed by atoms with E-state index < -0.39 is 23.5 Å². The Morgan fingerprint density at radius 3 is 2.47 bits per heavy atom. The van der Waals surface area contributed by atoms with E-state index in [-0.39, 0.29) is 23.4 Å². The van der Waals surface area contributed by atoms with Crippen LogP contribution in [0, 0.1) is 5.82 Å². The number of H-pyrrole nitrogens is 1. The number of likely N-dealkylation sites (tertiary alicyclic amines) is 1. The van der Waals surface area contributed by atoms with Gasteiger partial charge in [0.2, 0.25) is 0 Å². The van der Waals surface area contributed by atoms with E-state index in [4.69, 9.17) is 11.6 Å². The lowest BCUT2D eigenvalue weighted by molar-refractivity contribution is -0.139. The zero-order valence-electron chi connectivity index (χ0n) is 15.7. The van der Waals surface area contributed by atoms with Crippen LogP contribution in [-0.2, 0) is 16.0 Å². The number of carbonyl (C=O) groups is 2. The van der Waals surface area contributed by atoms with E-state index >= 15 is 0 Å². The van der Waals surface area contributed by atoms with E-state index in [1.54, 1.807) is 30.5 Å². The van der Waals surface area contributed by atoms with Crippen molar-refractivity contribution in [3.8, 4) is 0 Å². The van der Waals surface area contributed by atoms with E-state index in [0.29, 0.717) is 17.0 Å². The Kier molecular flexibility index (Phi) is 5.37. The summed E-state index contributed by atoms with van der Waals surface area (Å²) in [5.74, 6) is -2.32. The molecule has 0 saturated carbocycles. The van der Waals surface area contributed by atoms with Crippen molar-refractivity contribution in [2.45, 2.75) is 12.5 Å². The van der Waals surface area contributed by atoms with E-state index in [0.717, 1.165) is 5.69 Å². The Morgan fingerprint density at radius 1 is 1.13 bits per heavy atom. The number of hydrogen-bond donors (Lipinski definition) is 2. The normalized spacial score (nSPS) is 18.2. The summed E-state index contributed by atoms with van der Waals surface area (Å²) in [7, 11) is 0. The predicted octanol–water partition coefficient (Wildman–Crippen LogP) is 3.87. The van der Waals surface area contributed by atoms with Crippen LogP contribution < -0.4 is 0 Å². The lowest BCUT2D eigenvalue weighted by atomic mass is 9.95. The lowest BCUT2D eigenvalue weighted by Crippen LogP contribution is -2.31. The Hall–Kier alpha value is -3.45. The molecule has 2 N–H and O–H groups in total. The molecule has 152 valence electrons. The van der Waals surface area contributed by atoms with Crippen LogP contribution >= 0.6 is 11.6 Å². The van der Waals surface area contributed by atoms with Gasteiger partial charge in [-0.2, -0.15) is 0 Å². The molecule has 30 heavy (non-hydrogen) atoms. The number of aliphatic hydroxyl groups excluding tert-OH is 1. The van der Waals surface area contributed by atoms with Crippen molar-refractivity contribution in [1.29, 1.82) is 0 Å². The minimum atomic E-state index is -0.796. The van der Waals surface area contributed by atoms with Crippen LogP contribution in [0.1, 0.15) is 22.9 Å².